The van der Waals surface area contributed by atoms with E-state index in [1.807, 2.05) is 30.3 Å². The number of nitrogens with zero attached hydrogens (tertiary/aromatic N) is 2. The van der Waals surface area contributed by atoms with Gasteiger partial charge >= 0.3 is 5.97 Å². The zero-order valence-corrected chi connectivity index (χ0v) is 12.6. The minimum Gasteiger partial charge on any atom is -0.423 e. The lowest BCUT2D eigenvalue weighted by Crippen LogP contribution is -2.09. The molecular weight excluding hydrogens is 288 g/mol. The molecule has 0 bridgehead atoms. The Kier molecular flexibility index (Phi) is 5.28. The van der Waals surface area contributed by atoms with Gasteiger partial charge in [-0.25, -0.2) is 4.79 Å². The predicted molar refractivity (Wildman–Crippen MR) is 85.5 cm³/mol. The van der Waals surface area contributed by atoms with Crippen molar-refractivity contribution in [1.29, 1.82) is 10.5 Å². The molecule has 4 nitrogen and oxygen atoms in total. The molecule has 0 radical (unpaired) electrons. The van der Waals surface area contributed by atoms with Crippen molar-refractivity contribution in [2.75, 3.05) is 0 Å². The lowest BCUT2D eigenvalue weighted by Gasteiger charge is -2.10. The first kappa shape index (κ1) is 16.0. The average Bonchev–Trinajstić information content (AvgIpc) is 2.58. The van der Waals surface area contributed by atoms with Crippen LogP contribution < -0.4 is 4.74 Å². The molecule has 0 saturated heterocycles. The van der Waals surface area contributed by atoms with Gasteiger partial charge in [0.1, 0.15) is 23.5 Å². The van der Waals surface area contributed by atoms with E-state index in [2.05, 4.69) is 0 Å². The lowest BCUT2D eigenvalue weighted by molar-refractivity contribution is 0.0733. The SMILES string of the molecule is CC(Cc1ccccc1OC(=O)c1ccccc1)=C(C#N)C#N. The van der Waals surface area contributed by atoms with Gasteiger partial charge in [0.05, 0.1) is 5.56 Å². The summed E-state index contributed by atoms with van der Waals surface area (Å²) in [6.45, 7) is 1.72. The van der Waals surface area contributed by atoms with Crippen molar-refractivity contribution in [1.82, 2.24) is 0 Å². The molecule has 112 valence electrons. The van der Waals surface area contributed by atoms with E-state index in [1.54, 1.807) is 43.3 Å². The van der Waals surface area contributed by atoms with E-state index in [0.29, 0.717) is 23.3 Å². The van der Waals surface area contributed by atoms with Gasteiger partial charge in [0.25, 0.3) is 0 Å². The van der Waals surface area contributed by atoms with Gasteiger partial charge in [-0.1, -0.05) is 36.4 Å². The number of hydrogen-bond acceptors (Lipinski definition) is 4. The summed E-state index contributed by atoms with van der Waals surface area (Å²) in [6, 6.07) is 19.5. The fourth-order valence-electron chi connectivity index (χ4n) is 2.07. The summed E-state index contributed by atoms with van der Waals surface area (Å²) in [5, 5.41) is 17.8. The standard InChI is InChI=1S/C19H14N2O2/c1-14(17(12-20)13-21)11-16-9-5-6-10-18(16)23-19(22)15-7-3-2-4-8-15/h2-10H,11H2,1H3. The highest BCUT2D eigenvalue weighted by Gasteiger charge is 2.12. The molecule has 2 rings (SSSR count). The van der Waals surface area contributed by atoms with E-state index in [9.17, 15) is 4.79 Å². The Bertz CT molecular complexity index is 808. The van der Waals surface area contributed by atoms with E-state index in [4.69, 9.17) is 15.3 Å². The zero-order chi connectivity index (χ0) is 16.7. The molecule has 0 aliphatic heterocycles. The molecule has 0 aliphatic rings. The number of esters is 1. The van der Waals surface area contributed by atoms with E-state index in [0.717, 1.165) is 5.56 Å². The Hall–Kier alpha value is -3.37. The van der Waals surface area contributed by atoms with Crippen molar-refractivity contribution in [3.63, 3.8) is 0 Å². The highest BCUT2D eigenvalue weighted by atomic mass is 16.5. The summed E-state index contributed by atoms with van der Waals surface area (Å²) in [5.41, 5.74) is 1.92. The van der Waals surface area contributed by atoms with Gasteiger partial charge in [-0.3, -0.25) is 0 Å². The van der Waals surface area contributed by atoms with Crippen molar-refractivity contribution in [3.8, 4) is 17.9 Å². The summed E-state index contributed by atoms with van der Waals surface area (Å²) in [4.78, 5) is 12.2. The highest BCUT2D eigenvalue weighted by Crippen LogP contribution is 2.23. The van der Waals surface area contributed by atoms with Gasteiger partial charge < -0.3 is 4.74 Å². The van der Waals surface area contributed by atoms with Crippen molar-refractivity contribution >= 4 is 5.97 Å². The number of carbonyl (C=O) groups is 1. The quantitative estimate of drug-likeness (QED) is 0.489. The second-order valence-corrected chi connectivity index (χ2v) is 4.92. The second kappa shape index (κ2) is 7.59. The number of rotatable bonds is 4. The predicted octanol–water partition coefficient (Wildman–Crippen LogP) is 3.81. The van der Waals surface area contributed by atoms with Crippen LogP contribution in [0.3, 0.4) is 0 Å². The van der Waals surface area contributed by atoms with Gasteiger partial charge in [0.2, 0.25) is 0 Å². The number of para-hydroxylation sites is 1. The van der Waals surface area contributed by atoms with E-state index < -0.39 is 5.97 Å². The Balaban J connectivity index is 2.26. The van der Waals surface area contributed by atoms with Crippen molar-refractivity contribution in [2.45, 2.75) is 13.3 Å². The Morgan fingerprint density at radius 2 is 1.61 bits per heavy atom. The van der Waals surface area contributed by atoms with Crippen LogP contribution in [0, 0.1) is 22.7 Å². The van der Waals surface area contributed by atoms with E-state index in [1.165, 1.54) is 0 Å². The van der Waals surface area contributed by atoms with Crippen molar-refractivity contribution in [2.24, 2.45) is 0 Å². The number of carbonyl (C=O) groups excluding carboxylic acids is 1. The monoisotopic (exact) mass is 302 g/mol. The van der Waals surface area contributed by atoms with Crippen LogP contribution in [0.4, 0.5) is 0 Å². The number of ether oxygens (including phenoxy) is 1. The normalized spacial score (nSPS) is 9.35. The number of hydrogen-bond donors (Lipinski definition) is 0. The topological polar surface area (TPSA) is 73.9 Å². The number of nitriles is 2. The molecule has 23 heavy (non-hydrogen) atoms. The third-order valence-electron chi connectivity index (χ3n) is 3.29. The molecule has 2 aromatic carbocycles. The summed E-state index contributed by atoms with van der Waals surface area (Å²) in [7, 11) is 0. The van der Waals surface area contributed by atoms with Crippen LogP contribution >= 0.6 is 0 Å². The molecule has 2 aromatic rings. The summed E-state index contributed by atoms with van der Waals surface area (Å²) >= 11 is 0. The first-order valence-electron chi connectivity index (χ1n) is 7.00. The molecule has 0 amide bonds. The molecule has 0 atom stereocenters. The fourth-order valence-corrected chi connectivity index (χ4v) is 2.07. The maximum atomic E-state index is 12.2. The Labute approximate surface area is 134 Å². The van der Waals surface area contributed by atoms with Crippen LogP contribution in [0.25, 0.3) is 0 Å². The molecule has 0 spiro atoms. The van der Waals surface area contributed by atoms with E-state index in [-0.39, 0.29) is 5.57 Å². The molecule has 0 fully saturated rings. The van der Waals surface area contributed by atoms with Gasteiger partial charge in [0, 0.05) is 0 Å². The molecule has 0 unspecified atom stereocenters. The van der Waals surface area contributed by atoms with Crippen LogP contribution in [0.15, 0.2) is 65.7 Å². The fraction of sp³-hybridized carbons (Fsp3) is 0.105. The highest BCUT2D eigenvalue weighted by molar-refractivity contribution is 5.91. The molecule has 0 saturated carbocycles. The smallest absolute Gasteiger partial charge is 0.343 e. The van der Waals surface area contributed by atoms with Crippen molar-refractivity contribution < 1.29 is 9.53 Å². The average molecular weight is 302 g/mol. The van der Waals surface area contributed by atoms with Gasteiger partial charge in [-0.15, -0.1) is 0 Å². The summed E-state index contributed by atoms with van der Waals surface area (Å²) in [6.07, 6.45) is 0.370. The molecular formula is C19H14N2O2. The second-order valence-electron chi connectivity index (χ2n) is 4.92. The van der Waals surface area contributed by atoms with Crippen LogP contribution in [-0.4, -0.2) is 5.97 Å². The number of allylic oxidation sites excluding steroid dienone is 2. The summed E-state index contributed by atoms with van der Waals surface area (Å²) < 4.78 is 5.45. The van der Waals surface area contributed by atoms with Gasteiger partial charge in [-0.05, 0) is 42.7 Å². The zero-order valence-electron chi connectivity index (χ0n) is 12.6. The molecule has 0 aliphatic carbocycles. The summed E-state index contributed by atoms with van der Waals surface area (Å²) in [5.74, 6) is -0.0172. The Morgan fingerprint density at radius 3 is 2.26 bits per heavy atom. The Morgan fingerprint density at radius 1 is 1.00 bits per heavy atom. The van der Waals surface area contributed by atoms with Crippen molar-refractivity contribution in [3.05, 3.63) is 76.9 Å². The third-order valence-corrected chi connectivity index (χ3v) is 3.29. The third kappa shape index (κ3) is 4.06. The van der Waals surface area contributed by atoms with Crippen LogP contribution in [0.1, 0.15) is 22.8 Å². The largest absolute Gasteiger partial charge is 0.423 e. The van der Waals surface area contributed by atoms with E-state index >= 15 is 0 Å². The molecule has 0 N–H and O–H groups in total. The number of benzene rings is 2. The molecule has 4 heteroatoms. The first-order valence-corrected chi connectivity index (χ1v) is 7.00. The van der Waals surface area contributed by atoms with Gasteiger partial charge in [-0.2, -0.15) is 10.5 Å². The minimum absolute atomic E-state index is 0.0780. The maximum Gasteiger partial charge on any atom is 0.343 e. The van der Waals surface area contributed by atoms with Gasteiger partial charge in [0.15, 0.2) is 0 Å². The maximum absolute atomic E-state index is 12.2. The van der Waals surface area contributed by atoms with Crippen LogP contribution in [0.2, 0.25) is 0 Å². The molecule has 0 heterocycles. The minimum atomic E-state index is -0.444. The molecule has 0 aromatic heterocycles. The van der Waals surface area contributed by atoms with Crippen LogP contribution in [-0.2, 0) is 6.42 Å². The lowest BCUT2D eigenvalue weighted by atomic mass is 10.0. The van der Waals surface area contributed by atoms with Crippen LogP contribution in [0.5, 0.6) is 5.75 Å². The first-order chi connectivity index (χ1) is 11.2.